The van der Waals surface area contributed by atoms with Crippen LogP contribution in [0.2, 0.25) is 0 Å². The van der Waals surface area contributed by atoms with Crippen LogP contribution in [-0.4, -0.2) is 19.2 Å². The molecule has 3 heteroatoms. The van der Waals surface area contributed by atoms with E-state index in [1.54, 1.807) is 0 Å². The molecule has 4 aromatic carbocycles. The van der Waals surface area contributed by atoms with Gasteiger partial charge in [-0.1, -0.05) is 66.4 Å². The molecule has 0 fully saturated rings. The summed E-state index contributed by atoms with van der Waals surface area (Å²) in [5, 5.41) is 11.7. The largest absolute Gasteiger partial charge is 0.748 e. The standard InChI is InChI=1S/C20H20NO.C5H5.Fe/c1-21(2)19-15-9-14-18(19)20(22,16-10-5-3-6-11-16)17-12-7-4-8-13-17;1-2-4-5-3-1;/h3-15,22H,1-2H3;1-5H;/q-1;-5;. The average Bonchev–Trinajstić information content (AvgIpc) is 3.43. The molecular weight excluding hydrogens is 386 g/mol. The smallest absolute Gasteiger partial charge is 0.119 e. The Balaban J connectivity index is 0.000000408. The van der Waals surface area contributed by atoms with Crippen molar-refractivity contribution in [3.8, 4) is 0 Å². The molecule has 0 bridgehead atoms. The maximum Gasteiger partial charge on any atom is 0.119 e. The van der Waals surface area contributed by atoms with E-state index < -0.39 is 5.60 Å². The van der Waals surface area contributed by atoms with E-state index in [2.05, 4.69) is 0 Å². The maximum atomic E-state index is 11.7. The molecule has 0 heterocycles. The second-order valence-corrected chi connectivity index (χ2v) is 6.62. The Labute approximate surface area is 178 Å². The van der Waals surface area contributed by atoms with Crippen molar-refractivity contribution in [1.82, 2.24) is 0 Å². The van der Waals surface area contributed by atoms with Gasteiger partial charge in [-0.15, -0.1) is 5.56 Å². The summed E-state index contributed by atoms with van der Waals surface area (Å²) < 4.78 is 0. The van der Waals surface area contributed by atoms with Gasteiger partial charge in [-0.25, -0.2) is 12.1 Å². The minimum absolute atomic E-state index is 0. The fourth-order valence-corrected chi connectivity index (χ4v) is 3.26. The first kappa shape index (κ1) is 21.7. The fourth-order valence-electron chi connectivity index (χ4n) is 3.26. The molecule has 0 saturated heterocycles. The van der Waals surface area contributed by atoms with Gasteiger partial charge in [0.15, 0.2) is 0 Å². The van der Waals surface area contributed by atoms with Crippen molar-refractivity contribution in [2.45, 2.75) is 5.60 Å². The van der Waals surface area contributed by atoms with Gasteiger partial charge in [-0.3, -0.25) is 0 Å². The van der Waals surface area contributed by atoms with Crippen molar-refractivity contribution in [2.75, 3.05) is 19.0 Å². The minimum atomic E-state index is -1.16. The summed E-state index contributed by atoms with van der Waals surface area (Å²) >= 11 is 0. The van der Waals surface area contributed by atoms with Gasteiger partial charge in [-0.2, -0.15) is 6.07 Å². The number of rotatable bonds is 4. The summed E-state index contributed by atoms with van der Waals surface area (Å²) in [6.45, 7) is 0. The second-order valence-electron chi connectivity index (χ2n) is 6.62. The van der Waals surface area contributed by atoms with Crippen molar-refractivity contribution < 1.29 is 22.2 Å². The predicted molar refractivity (Wildman–Crippen MR) is 113 cm³/mol. The van der Waals surface area contributed by atoms with E-state index in [1.807, 2.05) is 128 Å². The van der Waals surface area contributed by atoms with Crippen molar-refractivity contribution in [1.29, 1.82) is 0 Å². The molecule has 0 aliphatic rings. The summed E-state index contributed by atoms with van der Waals surface area (Å²) in [7, 11) is 3.99. The first-order valence-corrected chi connectivity index (χ1v) is 9.07. The molecule has 0 spiro atoms. The van der Waals surface area contributed by atoms with Gasteiger partial charge < -0.3 is 40.3 Å². The van der Waals surface area contributed by atoms with Crippen LogP contribution in [0.15, 0.2) is 109 Å². The van der Waals surface area contributed by atoms with Crippen LogP contribution in [0, 0.1) is 0 Å². The second kappa shape index (κ2) is 10.1. The van der Waals surface area contributed by atoms with E-state index in [0.29, 0.717) is 0 Å². The van der Waals surface area contributed by atoms with E-state index >= 15 is 0 Å². The van der Waals surface area contributed by atoms with Crippen LogP contribution >= 0.6 is 0 Å². The third-order valence-corrected chi connectivity index (χ3v) is 4.60. The number of anilines is 1. The number of nitrogens with zero attached hydrogens (tertiary/aromatic N) is 1. The Kier molecular flexibility index (Phi) is 7.83. The third-order valence-electron chi connectivity index (χ3n) is 4.60. The zero-order chi connectivity index (χ0) is 19.1. The molecule has 4 rings (SSSR count). The van der Waals surface area contributed by atoms with Crippen LogP contribution in [0.1, 0.15) is 16.7 Å². The molecule has 2 nitrogen and oxygen atoms in total. The van der Waals surface area contributed by atoms with Crippen LogP contribution in [0.25, 0.3) is 0 Å². The van der Waals surface area contributed by atoms with Gasteiger partial charge >= 0.3 is 0 Å². The van der Waals surface area contributed by atoms with Crippen molar-refractivity contribution >= 4 is 5.69 Å². The van der Waals surface area contributed by atoms with Crippen molar-refractivity contribution in [2.24, 2.45) is 0 Å². The number of hydrogen-bond donors (Lipinski definition) is 1. The fraction of sp³-hybridized carbons (Fsp3) is 0.120. The van der Waals surface area contributed by atoms with Crippen LogP contribution in [0.4, 0.5) is 5.69 Å². The van der Waals surface area contributed by atoms with Crippen LogP contribution in [0.3, 0.4) is 0 Å². The third kappa shape index (κ3) is 4.63. The molecule has 28 heavy (non-hydrogen) atoms. The summed E-state index contributed by atoms with van der Waals surface area (Å²) in [5.41, 5.74) is 2.50. The first-order valence-electron chi connectivity index (χ1n) is 9.07. The van der Waals surface area contributed by atoms with Gasteiger partial charge in [-0.05, 0) is 25.2 Å². The Hall–Kier alpha value is -2.58. The summed E-state index contributed by atoms with van der Waals surface area (Å²) in [5.74, 6) is 0. The van der Waals surface area contributed by atoms with Crippen molar-refractivity contribution in [3.05, 3.63) is 126 Å². The Morgan fingerprint density at radius 3 is 1.54 bits per heavy atom. The average molecular weight is 411 g/mol. The predicted octanol–water partition coefficient (Wildman–Crippen LogP) is 5.16. The summed E-state index contributed by atoms with van der Waals surface area (Å²) in [6.07, 6.45) is 0. The molecule has 1 N–H and O–H groups in total. The molecule has 150 valence electrons. The Morgan fingerprint density at radius 2 is 1.14 bits per heavy atom. The first-order chi connectivity index (χ1) is 13.1. The molecular formula is C25H25FeNO-6. The summed E-state index contributed by atoms with van der Waals surface area (Å²) in [6, 6.07) is 35.7. The minimum Gasteiger partial charge on any atom is -0.748 e. The molecule has 0 atom stereocenters. The molecule has 0 unspecified atom stereocenters. The molecule has 0 amide bonds. The Morgan fingerprint density at radius 1 is 0.714 bits per heavy atom. The maximum absolute atomic E-state index is 11.7. The number of benzene rings is 2. The monoisotopic (exact) mass is 411 g/mol. The molecule has 4 aromatic rings. The zero-order valence-corrected chi connectivity index (χ0v) is 17.2. The van der Waals surface area contributed by atoms with E-state index in [1.165, 1.54) is 0 Å². The molecule has 0 saturated carbocycles. The van der Waals surface area contributed by atoms with Gasteiger partial charge in [0, 0.05) is 17.1 Å². The topological polar surface area (TPSA) is 23.5 Å². The molecule has 0 radical (unpaired) electrons. The van der Waals surface area contributed by atoms with Gasteiger partial charge in [0.1, 0.15) is 5.60 Å². The van der Waals surface area contributed by atoms with Crippen LogP contribution in [0.5, 0.6) is 0 Å². The quantitative estimate of drug-likeness (QED) is 0.371. The van der Waals surface area contributed by atoms with E-state index in [-0.39, 0.29) is 17.1 Å². The SMILES string of the molecule is CN(C)[c-]1cccc1C(O)(c1ccccc1)c1ccccc1.[Fe].[cH-]1[cH-][cH-][cH-][cH-]1. The van der Waals surface area contributed by atoms with Gasteiger partial charge in [0.25, 0.3) is 0 Å². The van der Waals surface area contributed by atoms with E-state index in [4.69, 9.17) is 0 Å². The summed E-state index contributed by atoms with van der Waals surface area (Å²) in [4.78, 5) is 2.03. The van der Waals surface area contributed by atoms with E-state index in [9.17, 15) is 5.11 Å². The molecule has 0 aliphatic heterocycles. The zero-order valence-electron chi connectivity index (χ0n) is 16.1. The van der Waals surface area contributed by atoms with Crippen molar-refractivity contribution in [3.63, 3.8) is 0 Å². The molecule has 0 aliphatic carbocycles. The number of hydrogen-bond acceptors (Lipinski definition) is 2. The number of aliphatic hydroxyl groups is 1. The Bertz CT molecular complexity index is 855. The van der Waals surface area contributed by atoms with Crippen LogP contribution < -0.4 is 4.90 Å². The van der Waals surface area contributed by atoms with E-state index in [0.717, 1.165) is 22.4 Å². The van der Waals surface area contributed by atoms with Crippen LogP contribution in [-0.2, 0) is 22.7 Å². The van der Waals surface area contributed by atoms with Gasteiger partial charge in [0.05, 0.1) is 0 Å². The molecule has 0 aromatic heterocycles. The van der Waals surface area contributed by atoms with Gasteiger partial charge in [0.2, 0.25) is 0 Å². The normalized spacial score (nSPS) is 10.4.